The van der Waals surface area contributed by atoms with Gasteiger partial charge >= 0.3 is 0 Å². The van der Waals surface area contributed by atoms with Crippen LogP contribution >= 0.6 is 35.4 Å². The maximum Gasteiger partial charge on any atom is 0.269 e. The van der Waals surface area contributed by atoms with Crippen LogP contribution in [0.3, 0.4) is 0 Å². The second-order valence-electron chi connectivity index (χ2n) is 7.72. The van der Waals surface area contributed by atoms with Crippen LogP contribution in [0.4, 0.5) is 11.4 Å². The number of halogens is 2. The third kappa shape index (κ3) is 5.43. The maximum atomic E-state index is 13.5. The fourth-order valence-electron chi connectivity index (χ4n) is 3.58. The van der Waals surface area contributed by atoms with Gasteiger partial charge in [0, 0.05) is 10.6 Å². The average molecular weight is 543 g/mol. The fraction of sp³-hybridized carbons (Fsp3) is 0.120. The predicted molar refractivity (Wildman–Crippen MR) is 142 cm³/mol. The first-order valence-corrected chi connectivity index (χ1v) is 11.9. The van der Waals surface area contributed by atoms with Crippen molar-refractivity contribution < 1.29 is 19.1 Å². The zero-order valence-corrected chi connectivity index (χ0v) is 21.2. The summed E-state index contributed by atoms with van der Waals surface area (Å²) in [5.41, 5.74) is 3.83. The molecular formula is C25H20Cl2N4O4S. The van der Waals surface area contributed by atoms with Crippen molar-refractivity contribution in [1.82, 2.24) is 10.4 Å². The molecular weight excluding hydrogens is 523 g/mol. The van der Waals surface area contributed by atoms with Crippen LogP contribution in [0, 0.1) is 0 Å². The first-order valence-electron chi connectivity index (χ1n) is 10.7. The minimum absolute atomic E-state index is 0.0167. The summed E-state index contributed by atoms with van der Waals surface area (Å²) in [6.07, 6.45) is -0.294. The lowest BCUT2D eigenvalue weighted by Gasteiger charge is -2.24. The number of thiocarbonyl (C=S) groups is 1. The Balaban J connectivity index is 1.61. The number of amides is 3. The summed E-state index contributed by atoms with van der Waals surface area (Å²) in [7, 11) is 1.53. The SMILES string of the molecule is COc1ccc(N2C(=O)C(CC(=O)Nc3ccccc3Cl)N(NC(=O)c3ccc(Cl)cc3)C2=S)cc1. The molecule has 1 heterocycles. The third-order valence-corrected chi connectivity index (χ3v) is 6.36. The standard InChI is InChI=1S/C25H20Cl2N4O4S/c1-35-18-12-10-17(11-13-18)30-24(34)21(14-22(32)28-20-5-3-2-4-19(20)27)31(25(30)36)29-23(33)15-6-8-16(26)9-7-15/h2-13,21H,14H2,1H3,(H,28,32)(H,29,33). The average Bonchev–Trinajstić information content (AvgIpc) is 3.09. The Hall–Kier alpha value is -3.66. The van der Waals surface area contributed by atoms with E-state index in [2.05, 4.69) is 10.7 Å². The monoisotopic (exact) mass is 542 g/mol. The number of methoxy groups -OCH3 is 1. The molecule has 1 saturated heterocycles. The van der Waals surface area contributed by atoms with Gasteiger partial charge in [-0.25, -0.2) is 5.01 Å². The molecule has 4 rings (SSSR count). The van der Waals surface area contributed by atoms with Crippen molar-refractivity contribution >= 4 is 69.6 Å². The highest BCUT2D eigenvalue weighted by Crippen LogP contribution is 2.28. The Morgan fingerprint density at radius 2 is 1.67 bits per heavy atom. The number of nitrogens with one attached hydrogen (secondary N) is 2. The highest BCUT2D eigenvalue weighted by atomic mass is 35.5. The van der Waals surface area contributed by atoms with Gasteiger partial charge in [-0.2, -0.15) is 0 Å². The molecule has 8 nitrogen and oxygen atoms in total. The van der Waals surface area contributed by atoms with Crippen molar-refractivity contribution in [1.29, 1.82) is 0 Å². The van der Waals surface area contributed by atoms with Crippen LogP contribution in [-0.4, -0.2) is 41.0 Å². The van der Waals surface area contributed by atoms with Crippen molar-refractivity contribution in [2.24, 2.45) is 0 Å². The van der Waals surface area contributed by atoms with E-state index in [9.17, 15) is 14.4 Å². The molecule has 0 aromatic heterocycles. The predicted octanol–water partition coefficient (Wildman–Crippen LogP) is 4.68. The molecule has 2 N–H and O–H groups in total. The van der Waals surface area contributed by atoms with E-state index in [-0.39, 0.29) is 11.5 Å². The van der Waals surface area contributed by atoms with E-state index < -0.39 is 23.8 Å². The van der Waals surface area contributed by atoms with Gasteiger partial charge in [0.2, 0.25) is 11.0 Å². The van der Waals surface area contributed by atoms with E-state index in [0.717, 1.165) is 0 Å². The molecule has 184 valence electrons. The van der Waals surface area contributed by atoms with Crippen LogP contribution < -0.4 is 20.4 Å². The first kappa shape index (κ1) is 25.4. The van der Waals surface area contributed by atoms with Crippen molar-refractivity contribution in [3.05, 3.63) is 88.4 Å². The molecule has 0 spiro atoms. The highest BCUT2D eigenvalue weighted by Gasteiger charge is 2.45. The third-order valence-electron chi connectivity index (χ3n) is 5.40. The van der Waals surface area contributed by atoms with Crippen LogP contribution in [-0.2, 0) is 9.59 Å². The minimum Gasteiger partial charge on any atom is -0.497 e. The quantitative estimate of drug-likeness (QED) is 0.421. The zero-order valence-electron chi connectivity index (χ0n) is 18.9. The van der Waals surface area contributed by atoms with Gasteiger partial charge in [0.15, 0.2) is 0 Å². The maximum absolute atomic E-state index is 13.5. The van der Waals surface area contributed by atoms with E-state index >= 15 is 0 Å². The number of hydrazine groups is 1. The van der Waals surface area contributed by atoms with Crippen LogP contribution in [0.2, 0.25) is 10.0 Å². The van der Waals surface area contributed by atoms with Gasteiger partial charge in [-0.15, -0.1) is 0 Å². The molecule has 0 saturated carbocycles. The number of carbonyl (C=O) groups excluding carboxylic acids is 3. The number of ether oxygens (including phenoxy) is 1. The van der Waals surface area contributed by atoms with Crippen LogP contribution in [0.25, 0.3) is 0 Å². The number of para-hydroxylation sites is 1. The molecule has 3 amide bonds. The van der Waals surface area contributed by atoms with Crippen molar-refractivity contribution in [2.75, 3.05) is 17.3 Å². The molecule has 1 aliphatic rings. The summed E-state index contributed by atoms with van der Waals surface area (Å²) in [6, 6.07) is 18.5. The number of rotatable bonds is 7. The Labute approximate surface area is 222 Å². The molecule has 11 heteroatoms. The van der Waals surface area contributed by atoms with Crippen LogP contribution in [0.1, 0.15) is 16.8 Å². The minimum atomic E-state index is -1.10. The van der Waals surface area contributed by atoms with E-state index in [1.807, 2.05) is 0 Å². The largest absolute Gasteiger partial charge is 0.497 e. The van der Waals surface area contributed by atoms with E-state index in [1.54, 1.807) is 72.8 Å². The summed E-state index contributed by atoms with van der Waals surface area (Å²) >= 11 is 17.6. The van der Waals surface area contributed by atoms with Crippen molar-refractivity contribution in [2.45, 2.75) is 12.5 Å². The Bertz CT molecular complexity index is 1320. The Morgan fingerprint density at radius 3 is 2.31 bits per heavy atom. The molecule has 0 aliphatic carbocycles. The van der Waals surface area contributed by atoms with Gasteiger partial charge < -0.3 is 10.1 Å². The van der Waals surface area contributed by atoms with Crippen LogP contribution in [0.15, 0.2) is 72.8 Å². The second-order valence-corrected chi connectivity index (χ2v) is 8.93. The summed E-state index contributed by atoms with van der Waals surface area (Å²) in [6.45, 7) is 0. The molecule has 3 aromatic rings. The van der Waals surface area contributed by atoms with Gasteiger partial charge in [0.25, 0.3) is 11.8 Å². The number of benzene rings is 3. The molecule has 1 fully saturated rings. The van der Waals surface area contributed by atoms with Gasteiger partial charge in [0.1, 0.15) is 11.8 Å². The number of hydrogen-bond acceptors (Lipinski definition) is 5. The summed E-state index contributed by atoms with van der Waals surface area (Å²) in [5.74, 6) is -0.878. The lowest BCUT2D eigenvalue weighted by atomic mass is 10.1. The van der Waals surface area contributed by atoms with Crippen molar-refractivity contribution in [3.63, 3.8) is 0 Å². The first-order chi connectivity index (χ1) is 17.3. The molecule has 1 unspecified atom stereocenters. The molecule has 36 heavy (non-hydrogen) atoms. The van der Waals surface area contributed by atoms with Gasteiger partial charge in [-0.3, -0.25) is 24.7 Å². The van der Waals surface area contributed by atoms with Crippen molar-refractivity contribution in [3.8, 4) is 5.75 Å². The smallest absolute Gasteiger partial charge is 0.269 e. The lowest BCUT2D eigenvalue weighted by molar-refractivity contribution is -0.124. The van der Waals surface area contributed by atoms with E-state index in [4.69, 9.17) is 40.2 Å². The highest BCUT2D eigenvalue weighted by molar-refractivity contribution is 7.80. The summed E-state index contributed by atoms with van der Waals surface area (Å²) in [5, 5.41) is 4.77. The van der Waals surface area contributed by atoms with E-state index in [1.165, 1.54) is 17.0 Å². The van der Waals surface area contributed by atoms with Gasteiger partial charge in [-0.1, -0.05) is 35.3 Å². The zero-order chi connectivity index (χ0) is 25.8. The molecule has 0 bridgehead atoms. The summed E-state index contributed by atoms with van der Waals surface area (Å²) < 4.78 is 5.18. The number of hydrogen-bond donors (Lipinski definition) is 2. The van der Waals surface area contributed by atoms with Crippen LogP contribution in [0.5, 0.6) is 5.75 Å². The Kier molecular flexibility index (Phi) is 7.73. The van der Waals surface area contributed by atoms with Gasteiger partial charge in [0.05, 0.1) is 29.9 Å². The summed E-state index contributed by atoms with van der Waals surface area (Å²) in [4.78, 5) is 40.6. The normalized spacial score (nSPS) is 15.1. The molecule has 1 aliphatic heterocycles. The van der Waals surface area contributed by atoms with E-state index in [0.29, 0.717) is 32.7 Å². The lowest BCUT2D eigenvalue weighted by Crippen LogP contribution is -2.49. The number of carbonyl (C=O) groups is 3. The second kappa shape index (κ2) is 10.9. The topological polar surface area (TPSA) is 91.0 Å². The number of nitrogens with zero attached hydrogens (tertiary/aromatic N) is 2. The molecule has 3 aromatic carbocycles. The number of anilines is 2. The van der Waals surface area contributed by atoms with Gasteiger partial charge in [-0.05, 0) is 72.9 Å². The molecule has 0 radical (unpaired) electrons. The molecule has 1 atom stereocenters. The fourth-order valence-corrected chi connectivity index (χ4v) is 4.26. The Morgan fingerprint density at radius 1 is 1.00 bits per heavy atom.